The molecule has 2 aliphatic rings. The van der Waals surface area contributed by atoms with Crippen LogP contribution in [0, 0.1) is 0 Å². The summed E-state index contributed by atoms with van der Waals surface area (Å²) in [7, 11) is 6.84. The molecule has 6 nitrogen and oxygen atoms in total. The smallest absolute Gasteiger partial charge is 0.203 e. The highest BCUT2D eigenvalue weighted by atomic mass is 16.5. The van der Waals surface area contributed by atoms with Gasteiger partial charge in [-0.05, 0) is 86.9 Å². The van der Waals surface area contributed by atoms with Crippen LogP contribution in [0.4, 0.5) is 5.69 Å². The van der Waals surface area contributed by atoms with Crippen molar-refractivity contribution in [3.63, 3.8) is 0 Å². The molecule has 0 amide bonds. The average molecular weight is 465 g/mol. The van der Waals surface area contributed by atoms with Gasteiger partial charge in [-0.15, -0.1) is 0 Å². The first-order valence-corrected chi connectivity index (χ1v) is 12.2. The highest BCUT2D eigenvalue weighted by molar-refractivity contribution is 5.83. The molecule has 0 radical (unpaired) electrons. The Morgan fingerprint density at radius 3 is 2.50 bits per heavy atom. The number of nitrogens with one attached hydrogen (secondary N) is 2. The van der Waals surface area contributed by atoms with E-state index in [1.807, 2.05) is 25.2 Å². The summed E-state index contributed by atoms with van der Waals surface area (Å²) in [4.78, 5) is 13.3. The lowest BCUT2D eigenvalue weighted by molar-refractivity contribution is 0.324. The van der Waals surface area contributed by atoms with E-state index in [9.17, 15) is 4.79 Å². The lowest BCUT2D eigenvalue weighted by Crippen LogP contribution is -2.18. The molecule has 0 saturated heterocycles. The molecule has 1 atom stereocenters. The van der Waals surface area contributed by atoms with Crippen LogP contribution < -0.4 is 30.3 Å². The Morgan fingerprint density at radius 2 is 1.82 bits per heavy atom. The molecule has 0 spiro atoms. The first kappa shape index (κ1) is 24.1. The van der Waals surface area contributed by atoms with Crippen molar-refractivity contribution in [3.8, 4) is 28.4 Å². The van der Waals surface area contributed by atoms with E-state index in [0.717, 1.165) is 48.1 Å². The fourth-order valence-corrected chi connectivity index (χ4v) is 5.25. The van der Waals surface area contributed by atoms with E-state index in [2.05, 4.69) is 16.7 Å². The van der Waals surface area contributed by atoms with Crippen LogP contribution in [0.2, 0.25) is 0 Å². The van der Waals surface area contributed by atoms with Gasteiger partial charge in [-0.3, -0.25) is 4.79 Å². The number of allylic oxidation sites excluding steroid dienone is 1. The first-order chi connectivity index (χ1) is 16.6. The van der Waals surface area contributed by atoms with Crippen LogP contribution in [0.25, 0.3) is 11.1 Å². The van der Waals surface area contributed by atoms with Crippen molar-refractivity contribution < 1.29 is 14.2 Å². The first-order valence-electron chi connectivity index (χ1n) is 12.2. The molecule has 34 heavy (non-hydrogen) atoms. The topological polar surface area (TPSA) is 68.8 Å². The van der Waals surface area contributed by atoms with Crippen molar-refractivity contribution in [1.82, 2.24) is 5.32 Å². The molecule has 2 aliphatic carbocycles. The van der Waals surface area contributed by atoms with E-state index >= 15 is 0 Å². The summed E-state index contributed by atoms with van der Waals surface area (Å²) in [6.45, 7) is 0.760. The van der Waals surface area contributed by atoms with E-state index in [-0.39, 0.29) is 11.5 Å². The molecule has 0 saturated carbocycles. The molecular formula is C28H36N2O4. The van der Waals surface area contributed by atoms with Gasteiger partial charge in [-0.1, -0.05) is 17.7 Å². The molecule has 0 aliphatic heterocycles. The lowest BCUT2D eigenvalue weighted by atomic mass is 9.95. The Labute approximate surface area is 202 Å². The molecule has 0 fully saturated rings. The standard InChI is InChI=1S/C28H36N2O4/c1-29-22-12-10-19-16-25(32-2)27(33-3)28(34-4)26(19)20-11-13-23(24(31)17-21(20)22)30-15-14-18-8-6-5-7-9-18/h8,11,13,16-17,22,29H,5-7,9-10,12,14-15H2,1-4H3,(H,30,31). The molecule has 2 aromatic rings. The predicted octanol–water partition coefficient (Wildman–Crippen LogP) is 5.25. The average Bonchev–Trinajstić information content (AvgIpc) is 3.11. The van der Waals surface area contributed by atoms with E-state index in [1.54, 1.807) is 27.4 Å². The monoisotopic (exact) mass is 464 g/mol. The van der Waals surface area contributed by atoms with Gasteiger partial charge in [0.2, 0.25) is 11.2 Å². The van der Waals surface area contributed by atoms with Gasteiger partial charge in [0.25, 0.3) is 0 Å². The van der Waals surface area contributed by atoms with Crippen molar-refractivity contribution in [2.75, 3.05) is 40.2 Å². The second kappa shape index (κ2) is 11.0. The minimum atomic E-state index is 0.00187. The van der Waals surface area contributed by atoms with Crippen LogP contribution in [0.5, 0.6) is 17.2 Å². The van der Waals surface area contributed by atoms with Gasteiger partial charge in [0.1, 0.15) is 0 Å². The van der Waals surface area contributed by atoms with Gasteiger partial charge in [0, 0.05) is 18.2 Å². The summed E-state index contributed by atoms with van der Waals surface area (Å²) in [6.07, 6.45) is 9.93. The number of fused-ring (bicyclic) bond motifs is 3. The molecule has 0 heterocycles. The second-order valence-corrected chi connectivity index (χ2v) is 8.97. The minimum absolute atomic E-state index is 0.00187. The number of benzene rings is 1. The van der Waals surface area contributed by atoms with Crippen LogP contribution in [-0.2, 0) is 6.42 Å². The molecule has 0 bridgehead atoms. The Hall–Kier alpha value is -2.99. The van der Waals surface area contributed by atoms with E-state index in [4.69, 9.17) is 14.2 Å². The lowest BCUT2D eigenvalue weighted by Gasteiger charge is -2.19. The SMILES string of the molecule is CNC1CCc2cc(OC)c(OC)c(OC)c2-c2ccc(NCCC3=CCCCC3)c(=O)cc21. The van der Waals surface area contributed by atoms with Gasteiger partial charge in [0.05, 0.1) is 27.0 Å². The maximum absolute atomic E-state index is 13.3. The summed E-state index contributed by atoms with van der Waals surface area (Å²) in [6, 6.07) is 7.81. The third kappa shape index (κ3) is 4.78. The van der Waals surface area contributed by atoms with E-state index < -0.39 is 0 Å². The number of ether oxygens (including phenoxy) is 3. The van der Waals surface area contributed by atoms with Crippen LogP contribution >= 0.6 is 0 Å². The van der Waals surface area contributed by atoms with Crippen molar-refractivity contribution in [2.45, 2.75) is 51.0 Å². The van der Waals surface area contributed by atoms with Gasteiger partial charge in [0.15, 0.2) is 11.5 Å². The number of anilines is 1. The highest BCUT2D eigenvalue weighted by Crippen LogP contribution is 2.50. The van der Waals surface area contributed by atoms with E-state index in [0.29, 0.717) is 22.9 Å². The zero-order chi connectivity index (χ0) is 24.1. The molecule has 2 aromatic carbocycles. The molecule has 4 rings (SSSR count). The molecule has 1 unspecified atom stereocenters. The zero-order valence-electron chi connectivity index (χ0n) is 20.8. The van der Waals surface area contributed by atoms with Crippen LogP contribution in [0.1, 0.15) is 55.7 Å². The maximum atomic E-state index is 13.3. The molecule has 182 valence electrons. The minimum Gasteiger partial charge on any atom is -0.493 e. The molecular weight excluding hydrogens is 428 g/mol. The Bertz CT molecular complexity index is 1130. The molecule has 2 N–H and O–H groups in total. The summed E-state index contributed by atoms with van der Waals surface area (Å²) >= 11 is 0. The van der Waals surface area contributed by atoms with Crippen LogP contribution in [0.3, 0.4) is 0 Å². The maximum Gasteiger partial charge on any atom is 0.203 e. The zero-order valence-corrected chi connectivity index (χ0v) is 20.8. The summed E-state index contributed by atoms with van der Waals surface area (Å²) in [5, 5.41) is 6.80. The normalized spacial score (nSPS) is 17.1. The number of methoxy groups -OCH3 is 3. The largest absolute Gasteiger partial charge is 0.493 e. The Morgan fingerprint density at radius 1 is 1.00 bits per heavy atom. The Balaban J connectivity index is 1.79. The van der Waals surface area contributed by atoms with Gasteiger partial charge >= 0.3 is 0 Å². The van der Waals surface area contributed by atoms with Gasteiger partial charge in [-0.2, -0.15) is 0 Å². The number of rotatable bonds is 8. The Kier molecular flexibility index (Phi) is 7.78. The number of hydrogen-bond acceptors (Lipinski definition) is 6. The summed E-state index contributed by atoms with van der Waals surface area (Å²) in [5.74, 6) is 1.84. The second-order valence-electron chi connectivity index (χ2n) is 8.97. The van der Waals surface area contributed by atoms with Gasteiger partial charge in [-0.25, -0.2) is 0 Å². The summed E-state index contributed by atoms with van der Waals surface area (Å²) < 4.78 is 17.1. The van der Waals surface area contributed by atoms with Crippen molar-refractivity contribution >= 4 is 5.69 Å². The van der Waals surface area contributed by atoms with Gasteiger partial charge < -0.3 is 24.8 Å². The fourth-order valence-electron chi connectivity index (χ4n) is 5.25. The third-order valence-corrected chi connectivity index (χ3v) is 7.03. The third-order valence-electron chi connectivity index (χ3n) is 7.03. The fraction of sp³-hybridized carbons (Fsp3) is 0.464. The molecule has 6 heteroatoms. The highest BCUT2D eigenvalue weighted by Gasteiger charge is 2.28. The quantitative estimate of drug-likeness (QED) is 0.520. The molecule has 0 aromatic heterocycles. The van der Waals surface area contributed by atoms with Crippen LogP contribution in [-0.4, -0.2) is 34.9 Å². The van der Waals surface area contributed by atoms with Crippen molar-refractivity contribution in [3.05, 3.63) is 57.3 Å². The predicted molar refractivity (Wildman–Crippen MR) is 138 cm³/mol. The van der Waals surface area contributed by atoms with E-state index in [1.165, 1.54) is 31.3 Å². The number of aryl methyl sites for hydroxylation is 1. The van der Waals surface area contributed by atoms with Crippen molar-refractivity contribution in [2.24, 2.45) is 0 Å². The number of hydrogen-bond donors (Lipinski definition) is 2. The van der Waals surface area contributed by atoms with Crippen molar-refractivity contribution in [1.29, 1.82) is 0 Å². The van der Waals surface area contributed by atoms with Crippen LogP contribution in [0.15, 0.2) is 40.7 Å². The summed E-state index contributed by atoms with van der Waals surface area (Å²) in [5.41, 5.74) is 6.15.